The number of aliphatic hydroxyl groups excluding tert-OH is 1. The SMILES string of the molecule is CC.CC.CCC.CCC1[C@H](C)C(CO)N1Cc1ccccc1. The average Bonchev–Trinajstić information content (AvgIpc) is 2.61. The van der Waals surface area contributed by atoms with Crippen LogP contribution >= 0.6 is 0 Å². The first-order valence-electron chi connectivity index (χ1n) is 9.59. The summed E-state index contributed by atoms with van der Waals surface area (Å²) < 4.78 is 0. The molecule has 2 nitrogen and oxygen atoms in total. The van der Waals surface area contributed by atoms with Gasteiger partial charge in [0, 0.05) is 18.6 Å². The lowest BCUT2D eigenvalue weighted by Crippen LogP contribution is -2.63. The monoisotopic (exact) mass is 323 g/mol. The Balaban J connectivity index is 0. The van der Waals surface area contributed by atoms with E-state index in [-0.39, 0.29) is 6.61 Å². The second kappa shape index (κ2) is 16.0. The zero-order valence-electron chi connectivity index (χ0n) is 16.8. The van der Waals surface area contributed by atoms with Gasteiger partial charge in [0.15, 0.2) is 0 Å². The molecule has 2 rings (SSSR count). The Morgan fingerprint density at radius 3 is 1.78 bits per heavy atom. The first-order valence-corrected chi connectivity index (χ1v) is 9.59. The molecule has 136 valence electrons. The van der Waals surface area contributed by atoms with E-state index in [0.717, 1.165) is 6.54 Å². The van der Waals surface area contributed by atoms with Crippen molar-refractivity contribution >= 4 is 0 Å². The summed E-state index contributed by atoms with van der Waals surface area (Å²) in [6, 6.07) is 11.5. The summed E-state index contributed by atoms with van der Waals surface area (Å²) >= 11 is 0. The molecule has 0 spiro atoms. The average molecular weight is 324 g/mol. The maximum Gasteiger partial charge on any atom is 0.0590 e. The molecular weight excluding hydrogens is 282 g/mol. The number of hydrogen-bond acceptors (Lipinski definition) is 2. The molecule has 1 aliphatic heterocycles. The summed E-state index contributed by atoms with van der Waals surface area (Å²) in [7, 11) is 0. The van der Waals surface area contributed by atoms with Crippen LogP contribution in [0.25, 0.3) is 0 Å². The van der Waals surface area contributed by atoms with Crippen LogP contribution in [0.15, 0.2) is 30.3 Å². The summed E-state index contributed by atoms with van der Waals surface area (Å²) in [5.74, 6) is 0.624. The molecule has 1 aliphatic rings. The van der Waals surface area contributed by atoms with Gasteiger partial charge in [-0.3, -0.25) is 4.90 Å². The molecule has 1 heterocycles. The van der Waals surface area contributed by atoms with Gasteiger partial charge in [0.2, 0.25) is 0 Å². The summed E-state index contributed by atoms with van der Waals surface area (Å²) in [5.41, 5.74) is 1.34. The summed E-state index contributed by atoms with van der Waals surface area (Å²) in [4.78, 5) is 2.43. The van der Waals surface area contributed by atoms with Gasteiger partial charge in [-0.15, -0.1) is 0 Å². The van der Waals surface area contributed by atoms with Crippen molar-refractivity contribution < 1.29 is 5.11 Å². The van der Waals surface area contributed by atoms with Crippen LogP contribution in [0.3, 0.4) is 0 Å². The fourth-order valence-corrected chi connectivity index (χ4v) is 2.91. The number of hydrogen-bond donors (Lipinski definition) is 1. The predicted molar refractivity (Wildman–Crippen MR) is 105 cm³/mol. The van der Waals surface area contributed by atoms with E-state index >= 15 is 0 Å². The molecule has 23 heavy (non-hydrogen) atoms. The predicted octanol–water partition coefficient (Wildman–Crippen LogP) is 5.75. The van der Waals surface area contributed by atoms with Crippen LogP contribution < -0.4 is 0 Å². The van der Waals surface area contributed by atoms with E-state index in [1.165, 1.54) is 18.4 Å². The third-order valence-corrected chi connectivity index (χ3v) is 3.88. The third-order valence-electron chi connectivity index (χ3n) is 3.88. The van der Waals surface area contributed by atoms with Gasteiger partial charge >= 0.3 is 0 Å². The van der Waals surface area contributed by atoms with Gasteiger partial charge in [0.25, 0.3) is 0 Å². The van der Waals surface area contributed by atoms with E-state index in [1.807, 2.05) is 33.8 Å². The molecule has 2 unspecified atom stereocenters. The lowest BCUT2D eigenvalue weighted by atomic mass is 9.79. The van der Waals surface area contributed by atoms with Gasteiger partial charge in [-0.05, 0) is 17.9 Å². The van der Waals surface area contributed by atoms with Crippen molar-refractivity contribution in [2.45, 2.75) is 86.9 Å². The Morgan fingerprint density at radius 2 is 1.39 bits per heavy atom. The van der Waals surface area contributed by atoms with Crippen molar-refractivity contribution in [2.75, 3.05) is 6.61 Å². The lowest BCUT2D eigenvalue weighted by molar-refractivity contribution is -0.0801. The minimum Gasteiger partial charge on any atom is -0.395 e. The van der Waals surface area contributed by atoms with Crippen LogP contribution in [0.4, 0.5) is 0 Å². The van der Waals surface area contributed by atoms with E-state index in [2.05, 4.69) is 56.9 Å². The molecule has 3 atom stereocenters. The molecule has 0 bridgehead atoms. The Bertz CT molecular complexity index is 327. The molecule has 1 saturated heterocycles. The summed E-state index contributed by atoms with van der Waals surface area (Å²) in [6.07, 6.45) is 2.42. The van der Waals surface area contributed by atoms with Crippen molar-refractivity contribution in [1.29, 1.82) is 0 Å². The highest BCUT2D eigenvalue weighted by atomic mass is 16.3. The van der Waals surface area contributed by atoms with Crippen molar-refractivity contribution in [3.05, 3.63) is 35.9 Å². The van der Waals surface area contributed by atoms with Crippen LogP contribution in [-0.4, -0.2) is 28.7 Å². The highest BCUT2D eigenvalue weighted by Crippen LogP contribution is 2.35. The Labute approximate surface area is 145 Å². The molecule has 1 aromatic carbocycles. The van der Waals surface area contributed by atoms with Crippen molar-refractivity contribution in [2.24, 2.45) is 5.92 Å². The number of benzene rings is 1. The van der Waals surface area contributed by atoms with Crippen molar-refractivity contribution in [3.63, 3.8) is 0 Å². The normalized spacial score (nSPS) is 22.2. The third kappa shape index (κ3) is 7.99. The minimum atomic E-state index is 0.282. The smallest absolute Gasteiger partial charge is 0.0590 e. The van der Waals surface area contributed by atoms with Crippen LogP contribution in [-0.2, 0) is 6.54 Å². The standard InChI is InChI=1S/C14H21NO.C3H8.2C2H6/c1-3-13-11(2)14(10-16)15(13)9-12-7-5-4-6-8-12;1-3-2;2*1-2/h4-8,11,13-14,16H,3,9-10H2,1-2H3;3H2,1-2H3;2*1-2H3/t11-,13?,14?;;;/m0.../s1. The number of rotatable bonds is 4. The molecule has 0 aliphatic carbocycles. The van der Waals surface area contributed by atoms with Gasteiger partial charge in [-0.2, -0.15) is 0 Å². The highest BCUT2D eigenvalue weighted by Gasteiger charge is 2.43. The van der Waals surface area contributed by atoms with Gasteiger partial charge in [-0.1, -0.05) is 92.1 Å². The summed E-state index contributed by atoms with van der Waals surface area (Å²) in [5, 5.41) is 9.38. The zero-order valence-corrected chi connectivity index (χ0v) is 16.8. The van der Waals surface area contributed by atoms with E-state index in [1.54, 1.807) is 0 Å². The van der Waals surface area contributed by atoms with Crippen LogP contribution in [0.5, 0.6) is 0 Å². The molecule has 0 radical (unpaired) electrons. The van der Waals surface area contributed by atoms with Crippen molar-refractivity contribution in [3.8, 4) is 0 Å². The lowest BCUT2D eigenvalue weighted by Gasteiger charge is -2.53. The topological polar surface area (TPSA) is 23.5 Å². The van der Waals surface area contributed by atoms with Crippen molar-refractivity contribution in [1.82, 2.24) is 4.90 Å². The number of nitrogens with zero attached hydrogens (tertiary/aromatic N) is 1. The molecule has 1 aromatic rings. The fourth-order valence-electron chi connectivity index (χ4n) is 2.91. The molecule has 0 amide bonds. The highest BCUT2D eigenvalue weighted by molar-refractivity contribution is 5.16. The molecule has 0 aromatic heterocycles. The molecule has 0 saturated carbocycles. The second-order valence-electron chi connectivity index (χ2n) is 5.45. The number of likely N-dealkylation sites (tertiary alicyclic amines) is 1. The quantitative estimate of drug-likeness (QED) is 0.763. The zero-order chi connectivity index (χ0) is 18.3. The molecule has 1 fully saturated rings. The maximum atomic E-state index is 9.38. The Hall–Kier alpha value is -0.860. The van der Waals surface area contributed by atoms with E-state index in [0.29, 0.717) is 18.0 Å². The van der Waals surface area contributed by atoms with Gasteiger partial charge < -0.3 is 5.11 Å². The Kier molecular flexibility index (Phi) is 17.0. The van der Waals surface area contributed by atoms with Gasteiger partial charge in [-0.25, -0.2) is 0 Å². The minimum absolute atomic E-state index is 0.282. The fraction of sp³-hybridized carbons (Fsp3) is 0.714. The van der Waals surface area contributed by atoms with Crippen LogP contribution in [0.2, 0.25) is 0 Å². The van der Waals surface area contributed by atoms with E-state index in [4.69, 9.17) is 0 Å². The van der Waals surface area contributed by atoms with E-state index < -0.39 is 0 Å². The van der Waals surface area contributed by atoms with E-state index in [9.17, 15) is 5.11 Å². The Morgan fingerprint density at radius 1 is 0.913 bits per heavy atom. The molecule has 2 heteroatoms. The first kappa shape index (κ1) is 24.4. The van der Waals surface area contributed by atoms with Crippen LogP contribution in [0.1, 0.15) is 73.8 Å². The molecule has 1 N–H and O–H groups in total. The van der Waals surface area contributed by atoms with Gasteiger partial charge in [0.05, 0.1) is 6.61 Å². The first-order chi connectivity index (χ1) is 11.2. The largest absolute Gasteiger partial charge is 0.395 e. The number of aliphatic hydroxyl groups is 1. The second-order valence-corrected chi connectivity index (χ2v) is 5.45. The van der Waals surface area contributed by atoms with Gasteiger partial charge in [0.1, 0.15) is 0 Å². The molecular formula is C21H41NO. The maximum absolute atomic E-state index is 9.38. The summed E-state index contributed by atoms with van der Waals surface area (Å²) in [6.45, 7) is 18.0. The van der Waals surface area contributed by atoms with Crippen LogP contribution in [0, 0.1) is 5.92 Å².